The van der Waals surface area contributed by atoms with Gasteiger partial charge in [0.2, 0.25) is 5.91 Å². The first-order valence-electron chi connectivity index (χ1n) is 7.73. The minimum absolute atomic E-state index is 0.126. The number of hydrogen-bond donors (Lipinski definition) is 5. The zero-order valence-electron chi connectivity index (χ0n) is 13.5. The van der Waals surface area contributed by atoms with Gasteiger partial charge in [-0.25, -0.2) is 4.79 Å². The van der Waals surface area contributed by atoms with Crippen molar-refractivity contribution in [2.75, 3.05) is 32.5 Å². The fraction of sp³-hybridized carbons (Fsp3) is 0.643. The lowest BCUT2D eigenvalue weighted by atomic mass is 10.1. The smallest absolute Gasteiger partial charge is 0.413 e. The van der Waals surface area contributed by atoms with Gasteiger partial charge in [-0.1, -0.05) is 6.08 Å². The number of ether oxygens (including phenoxy) is 1. The van der Waals surface area contributed by atoms with E-state index in [-0.39, 0.29) is 18.0 Å². The molecule has 3 amide bonds. The molecule has 6 N–H and O–H groups in total. The second-order valence-corrected chi connectivity index (χ2v) is 6.61. The lowest BCUT2D eigenvalue weighted by molar-refractivity contribution is -0.125. The number of alkyl carbamates (subject to hydrolysis) is 1. The number of rotatable bonds is 5. The topological polar surface area (TPSA) is 135 Å². The summed E-state index contributed by atoms with van der Waals surface area (Å²) in [6.07, 6.45) is 1.80. The van der Waals surface area contributed by atoms with E-state index in [9.17, 15) is 14.4 Å². The van der Waals surface area contributed by atoms with E-state index < -0.39 is 17.4 Å². The number of nitrogens with two attached hydrogens (primary N) is 1. The number of methoxy groups -OCH3 is 1. The molecular weight excluding hydrogens is 334 g/mol. The Kier molecular flexibility index (Phi) is 7.03. The Balaban J connectivity index is 1.84. The van der Waals surface area contributed by atoms with Crippen LogP contribution in [0.2, 0.25) is 0 Å². The van der Waals surface area contributed by atoms with Gasteiger partial charge in [-0.2, -0.15) is 0 Å². The van der Waals surface area contributed by atoms with E-state index in [0.29, 0.717) is 31.0 Å². The Morgan fingerprint density at radius 2 is 2.08 bits per heavy atom. The van der Waals surface area contributed by atoms with Crippen molar-refractivity contribution in [3.8, 4) is 0 Å². The monoisotopic (exact) mass is 357 g/mol. The number of carbonyl (C=O) groups is 3. The summed E-state index contributed by atoms with van der Waals surface area (Å²) in [5.41, 5.74) is 5.87. The molecule has 0 aliphatic carbocycles. The zero-order valence-corrected chi connectivity index (χ0v) is 14.3. The van der Waals surface area contributed by atoms with Gasteiger partial charge in [-0.15, -0.1) is 11.8 Å². The maximum absolute atomic E-state index is 12.4. The SMILES string of the molecule is COC(=O)NC(=O)C1=CCSC1NC(=O)C1CNC(CCN)NC1. The maximum atomic E-state index is 12.4. The molecule has 0 bridgehead atoms. The van der Waals surface area contributed by atoms with Gasteiger partial charge >= 0.3 is 6.09 Å². The number of hydrogen-bond acceptors (Lipinski definition) is 8. The van der Waals surface area contributed by atoms with Crippen molar-refractivity contribution in [2.45, 2.75) is 18.0 Å². The molecule has 2 aliphatic heterocycles. The summed E-state index contributed by atoms with van der Waals surface area (Å²) in [6, 6.07) is 0. The highest BCUT2D eigenvalue weighted by Crippen LogP contribution is 2.25. The molecular formula is C14H23N5O4S. The van der Waals surface area contributed by atoms with Crippen LogP contribution in [0.5, 0.6) is 0 Å². The number of carbonyl (C=O) groups excluding carboxylic acids is 3. The molecule has 0 aromatic carbocycles. The first kappa shape index (κ1) is 18.7. The van der Waals surface area contributed by atoms with E-state index in [4.69, 9.17) is 5.73 Å². The molecule has 24 heavy (non-hydrogen) atoms. The van der Waals surface area contributed by atoms with Crippen LogP contribution >= 0.6 is 11.8 Å². The van der Waals surface area contributed by atoms with Crippen molar-refractivity contribution in [1.29, 1.82) is 0 Å². The van der Waals surface area contributed by atoms with Gasteiger partial charge in [0, 0.05) is 24.4 Å². The Hall–Kier alpha value is -1.62. The molecule has 2 rings (SSSR count). The van der Waals surface area contributed by atoms with Crippen LogP contribution in [0.3, 0.4) is 0 Å². The van der Waals surface area contributed by atoms with Crippen LogP contribution < -0.4 is 27.0 Å². The molecule has 0 aromatic heterocycles. The third-order valence-electron chi connectivity index (χ3n) is 3.83. The van der Waals surface area contributed by atoms with E-state index in [1.165, 1.54) is 18.9 Å². The molecule has 1 fully saturated rings. The van der Waals surface area contributed by atoms with Crippen molar-refractivity contribution in [3.05, 3.63) is 11.6 Å². The lowest BCUT2D eigenvalue weighted by Crippen LogP contribution is -2.57. The fourth-order valence-electron chi connectivity index (χ4n) is 2.49. The predicted molar refractivity (Wildman–Crippen MR) is 90.0 cm³/mol. The van der Waals surface area contributed by atoms with Gasteiger partial charge in [0.05, 0.1) is 19.2 Å². The van der Waals surface area contributed by atoms with Crippen molar-refractivity contribution < 1.29 is 19.1 Å². The van der Waals surface area contributed by atoms with Crippen LogP contribution in [0.4, 0.5) is 4.79 Å². The number of nitrogens with one attached hydrogen (secondary N) is 4. The minimum Gasteiger partial charge on any atom is -0.453 e. The molecule has 0 radical (unpaired) electrons. The third kappa shape index (κ3) is 4.94. The summed E-state index contributed by atoms with van der Waals surface area (Å²) in [5, 5.41) is 11.0. The fourth-order valence-corrected chi connectivity index (χ4v) is 3.55. The lowest BCUT2D eigenvalue weighted by Gasteiger charge is -2.31. The van der Waals surface area contributed by atoms with Crippen molar-refractivity contribution in [1.82, 2.24) is 21.3 Å². The first-order chi connectivity index (χ1) is 11.5. The molecule has 1 atom stereocenters. The van der Waals surface area contributed by atoms with Crippen LogP contribution in [-0.4, -0.2) is 61.9 Å². The maximum Gasteiger partial charge on any atom is 0.413 e. The quantitative estimate of drug-likeness (QED) is 0.400. The van der Waals surface area contributed by atoms with Gasteiger partial charge in [-0.05, 0) is 13.0 Å². The predicted octanol–water partition coefficient (Wildman–Crippen LogP) is -1.53. The molecule has 1 unspecified atom stereocenters. The Bertz CT molecular complexity index is 519. The second-order valence-electron chi connectivity index (χ2n) is 5.47. The Morgan fingerprint density at radius 1 is 1.38 bits per heavy atom. The van der Waals surface area contributed by atoms with Crippen LogP contribution in [0.15, 0.2) is 11.6 Å². The zero-order chi connectivity index (χ0) is 17.5. The number of imide groups is 1. The van der Waals surface area contributed by atoms with Gasteiger partial charge < -0.3 is 26.4 Å². The molecule has 1 saturated heterocycles. The molecule has 2 aliphatic rings. The summed E-state index contributed by atoms with van der Waals surface area (Å²) in [7, 11) is 1.18. The van der Waals surface area contributed by atoms with Gasteiger partial charge in [-0.3, -0.25) is 14.9 Å². The minimum atomic E-state index is -0.825. The normalized spacial score (nSPS) is 26.4. The summed E-state index contributed by atoms with van der Waals surface area (Å²) in [4.78, 5) is 35.5. The van der Waals surface area contributed by atoms with Crippen LogP contribution in [0.25, 0.3) is 0 Å². The van der Waals surface area contributed by atoms with Gasteiger partial charge in [0.1, 0.15) is 5.37 Å². The van der Waals surface area contributed by atoms with E-state index in [1.807, 2.05) is 0 Å². The second kappa shape index (κ2) is 9.02. The Labute approximate surface area is 144 Å². The van der Waals surface area contributed by atoms with E-state index in [2.05, 4.69) is 26.0 Å². The van der Waals surface area contributed by atoms with Crippen LogP contribution in [-0.2, 0) is 14.3 Å². The van der Waals surface area contributed by atoms with E-state index in [1.54, 1.807) is 6.08 Å². The molecule has 10 heteroatoms. The van der Waals surface area contributed by atoms with Crippen molar-refractivity contribution in [2.24, 2.45) is 11.7 Å². The highest BCUT2D eigenvalue weighted by molar-refractivity contribution is 8.00. The molecule has 134 valence electrons. The third-order valence-corrected chi connectivity index (χ3v) is 4.90. The van der Waals surface area contributed by atoms with Crippen LogP contribution in [0.1, 0.15) is 6.42 Å². The first-order valence-corrected chi connectivity index (χ1v) is 8.78. The van der Waals surface area contributed by atoms with E-state index >= 15 is 0 Å². The Morgan fingerprint density at radius 3 is 2.71 bits per heavy atom. The van der Waals surface area contributed by atoms with E-state index in [0.717, 1.165) is 6.42 Å². The standard InChI is InChI=1S/C14H23N5O4S/c1-23-14(22)19-12(21)9-3-5-24-13(9)18-11(20)8-6-16-10(2-4-15)17-7-8/h3,8,10,13,16-17H,2,4-7,15H2,1H3,(H,18,20)(H,19,21,22). The highest BCUT2D eigenvalue weighted by atomic mass is 32.2. The molecule has 2 heterocycles. The molecule has 0 spiro atoms. The average Bonchev–Trinajstić information content (AvgIpc) is 3.03. The number of thioether (sulfide) groups is 1. The van der Waals surface area contributed by atoms with Crippen LogP contribution in [0, 0.1) is 5.92 Å². The van der Waals surface area contributed by atoms with Crippen molar-refractivity contribution in [3.63, 3.8) is 0 Å². The van der Waals surface area contributed by atoms with Gasteiger partial charge in [0.15, 0.2) is 0 Å². The summed E-state index contributed by atoms with van der Waals surface area (Å²) in [5.74, 6) is -0.336. The summed E-state index contributed by atoms with van der Waals surface area (Å²) >= 11 is 1.42. The molecule has 0 aromatic rings. The highest BCUT2D eigenvalue weighted by Gasteiger charge is 2.31. The largest absolute Gasteiger partial charge is 0.453 e. The van der Waals surface area contributed by atoms with Gasteiger partial charge in [0.25, 0.3) is 5.91 Å². The summed E-state index contributed by atoms with van der Waals surface area (Å²) in [6.45, 7) is 1.67. The summed E-state index contributed by atoms with van der Waals surface area (Å²) < 4.78 is 4.40. The number of amides is 3. The van der Waals surface area contributed by atoms with Crippen molar-refractivity contribution >= 4 is 29.7 Å². The average molecular weight is 357 g/mol. The molecule has 9 nitrogen and oxygen atoms in total. The molecule has 0 saturated carbocycles.